The van der Waals surface area contributed by atoms with Crippen LogP contribution in [0, 0.1) is 6.92 Å². The average molecular weight is 299 g/mol. The Labute approximate surface area is 133 Å². The maximum Gasteiger partial charge on any atom is 0.121 e. The molecule has 22 heavy (non-hydrogen) atoms. The van der Waals surface area contributed by atoms with Gasteiger partial charge in [0.25, 0.3) is 0 Å². The normalized spacial score (nSPS) is 12.0. The molecule has 2 aromatic carbocycles. The van der Waals surface area contributed by atoms with Crippen LogP contribution in [-0.4, -0.2) is 13.7 Å². The van der Waals surface area contributed by atoms with Crippen LogP contribution in [0.15, 0.2) is 42.5 Å². The highest BCUT2D eigenvalue weighted by molar-refractivity contribution is 5.37. The molecule has 0 aliphatic carbocycles. The molecule has 0 saturated carbocycles. The molecule has 2 N–H and O–H groups in total. The first-order valence-electron chi connectivity index (χ1n) is 7.76. The minimum atomic E-state index is 0.0281. The molecule has 1 atom stereocenters. The van der Waals surface area contributed by atoms with E-state index < -0.39 is 0 Å². The number of ether oxygens (including phenoxy) is 2. The summed E-state index contributed by atoms with van der Waals surface area (Å²) in [5, 5.41) is 0. The van der Waals surface area contributed by atoms with Crippen LogP contribution in [0.25, 0.3) is 0 Å². The van der Waals surface area contributed by atoms with Crippen molar-refractivity contribution in [2.45, 2.75) is 32.7 Å². The third-order valence-corrected chi connectivity index (χ3v) is 3.80. The lowest BCUT2D eigenvalue weighted by molar-refractivity contribution is 0.340. The van der Waals surface area contributed by atoms with Crippen LogP contribution < -0.4 is 15.2 Å². The zero-order valence-corrected chi connectivity index (χ0v) is 13.6. The van der Waals surface area contributed by atoms with Gasteiger partial charge in [-0.15, -0.1) is 0 Å². The van der Waals surface area contributed by atoms with Gasteiger partial charge in [-0.05, 0) is 61.6 Å². The summed E-state index contributed by atoms with van der Waals surface area (Å²) in [5.41, 5.74) is 9.86. The van der Waals surface area contributed by atoms with Crippen LogP contribution in [0.1, 0.15) is 36.1 Å². The van der Waals surface area contributed by atoms with E-state index in [1.54, 1.807) is 7.11 Å². The number of benzene rings is 2. The quantitative estimate of drug-likeness (QED) is 0.839. The topological polar surface area (TPSA) is 44.5 Å². The van der Waals surface area contributed by atoms with Crippen LogP contribution >= 0.6 is 0 Å². The fourth-order valence-electron chi connectivity index (χ4n) is 2.58. The summed E-state index contributed by atoms with van der Waals surface area (Å²) >= 11 is 0. The van der Waals surface area contributed by atoms with E-state index in [0.29, 0.717) is 6.61 Å². The molecule has 0 amide bonds. The molecule has 0 heterocycles. The van der Waals surface area contributed by atoms with Crippen LogP contribution in [0.4, 0.5) is 0 Å². The number of nitrogens with two attached hydrogens (primary N) is 1. The predicted molar refractivity (Wildman–Crippen MR) is 90.6 cm³/mol. The highest BCUT2D eigenvalue weighted by Crippen LogP contribution is 2.24. The molecule has 0 aliphatic rings. The summed E-state index contributed by atoms with van der Waals surface area (Å²) in [7, 11) is 1.69. The maximum atomic E-state index is 6.33. The second-order valence-corrected chi connectivity index (χ2v) is 5.45. The minimum Gasteiger partial charge on any atom is -0.496 e. The van der Waals surface area contributed by atoms with Crippen molar-refractivity contribution in [1.29, 1.82) is 0 Å². The second-order valence-electron chi connectivity index (χ2n) is 5.45. The summed E-state index contributed by atoms with van der Waals surface area (Å²) in [6, 6.07) is 14.4. The fraction of sp³-hybridized carbons (Fsp3) is 0.368. The Kier molecular flexibility index (Phi) is 5.84. The van der Waals surface area contributed by atoms with E-state index in [1.165, 1.54) is 5.56 Å². The van der Waals surface area contributed by atoms with E-state index in [2.05, 4.69) is 18.2 Å². The molecule has 0 bridgehead atoms. The molecular weight excluding hydrogens is 274 g/mol. The number of hydrogen-bond donors (Lipinski definition) is 1. The molecule has 118 valence electrons. The zero-order valence-electron chi connectivity index (χ0n) is 13.6. The van der Waals surface area contributed by atoms with Gasteiger partial charge in [0.15, 0.2) is 0 Å². The van der Waals surface area contributed by atoms with E-state index in [-0.39, 0.29) is 6.04 Å². The average Bonchev–Trinajstić information content (AvgIpc) is 2.53. The lowest BCUT2D eigenvalue weighted by Gasteiger charge is -2.14. The molecule has 0 spiro atoms. The van der Waals surface area contributed by atoms with Crippen molar-refractivity contribution in [2.75, 3.05) is 13.7 Å². The van der Waals surface area contributed by atoms with Crippen LogP contribution in [0.3, 0.4) is 0 Å². The molecule has 0 radical (unpaired) electrons. The van der Waals surface area contributed by atoms with Crippen molar-refractivity contribution in [3.05, 3.63) is 59.2 Å². The van der Waals surface area contributed by atoms with Gasteiger partial charge in [-0.1, -0.05) is 24.3 Å². The first-order valence-corrected chi connectivity index (χ1v) is 7.76. The third kappa shape index (κ3) is 4.25. The molecule has 0 aliphatic heterocycles. The Hall–Kier alpha value is -2.00. The molecule has 1 unspecified atom stereocenters. The van der Waals surface area contributed by atoms with E-state index in [1.807, 2.05) is 38.1 Å². The first-order chi connectivity index (χ1) is 10.6. The first kappa shape index (κ1) is 16.4. The predicted octanol–water partition coefficient (Wildman–Crippen LogP) is 4.03. The van der Waals surface area contributed by atoms with Crippen LogP contribution in [0.5, 0.6) is 11.5 Å². The second kappa shape index (κ2) is 7.85. The summed E-state index contributed by atoms with van der Waals surface area (Å²) in [6.45, 7) is 4.73. The number of methoxy groups -OCH3 is 1. The lowest BCUT2D eigenvalue weighted by atomic mass is 9.98. The van der Waals surface area contributed by atoms with Gasteiger partial charge in [-0.3, -0.25) is 0 Å². The Morgan fingerprint density at radius 2 is 1.95 bits per heavy atom. The van der Waals surface area contributed by atoms with Crippen LogP contribution in [0.2, 0.25) is 0 Å². The van der Waals surface area contributed by atoms with Gasteiger partial charge < -0.3 is 15.2 Å². The third-order valence-electron chi connectivity index (χ3n) is 3.80. The van der Waals surface area contributed by atoms with Crippen molar-refractivity contribution >= 4 is 0 Å². The maximum absolute atomic E-state index is 6.33. The molecule has 0 saturated heterocycles. The highest BCUT2D eigenvalue weighted by Gasteiger charge is 2.09. The minimum absolute atomic E-state index is 0.0281. The van der Waals surface area contributed by atoms with E-state index in [9.17, 15) is 0 Å². The Morgan fingerprint density at radius 1 is 1.14 bits per heavy atom. The number of aryl methyl sites for hydroxylation is 2. The molecule has 0 fully saturated rings. The lowest BCUT2D eigenvalue weighted by Crippen LogP contribution is -2.11. The van der Waals surface area contributed by atoms with Gasteiger partial charge in [0.05, 0.1) is 13.7 Å². The monoisotopic (exact) mass is 299 g/mol. The highest BCUT2D eigenvalue weighted by atomic mass is 16.5. The SMILES string of the molecule is CCOc1cccc(CCC(N)c2ccc(OC)c(C)c2)c1. The summed E-state index contributed by atoms with van der Waals surface area (Å²) in [5.74, 6) is 1.83. The van der Waals surface area contributed by atoms with E-state index in [0.717, 1.165) is 35.5 Å². The van der Waals surface area contributed by atoms with Gasteiger partial charge in [0.2, 0.25) is 0 Å². The molecule has 3 nitrogen and oxygen atoms in total. The Morgan fingerprint density at radius 3 is 2.64 bits per heavy atom. The van der Waals surface area contributed by atoms with E-state index >= 15 is 0 Å². The van der Waals surface area contributed by atoms with Gasteiger partial charge in [-0.2, -0.15) is 0 Å². The van der Waals surface area contributed by atoms with Crippen molar-refractivity contribution < 1.29 is 9.47 Å². The molecule has 2 rings (SSSR count). The van der Waals surface area contributed by atoms with Gasteiger partial charge >= 0.3 is 0 Å². The number of hydrogen-bond acceptors (Lipinski definition) is 3. The van der Waals surface area contributed by atoms with Crippen molar-refractivity contribution in [2.24, 2.45) is 5.73 Å². The summed E-state index contributed by atoms with van der Waals surface area (Å²) in [4.78, 5) is 0. The Bertz CT molecular complexity index is 610. The van der Waals surface area contributed by atoms with Crippen molar-refractivity contribution in [1.82, 2.24) is 0 Å². The molecular formula is C19H25NO2. The van der Waals surface area contributed by atoms with Gasteiger partial charge in [0.1, 0.15) is 11.5 Å². The van der Waals surface area contributed by atoms with Gasteiger partial charge in [0, 0.05) is 6.04 Å². The molecule has 3 heteroatoms. The largest absolute Gasteiger partial charge is 0.496 e. The number of rotatable bonds is 7. The molecule has 0 aromatic heterocycles. The van der Waals surface area contributed by atoms with E-state index in [4.69, 9.17) is 15.2 Å². The summed E-state index contributed by atoms with van der Waals surface area (Å²) in [6.07, 6.45) is 1.84. The van der Waals surface area contributed by atoms with Crippen LogP contribution in [-0.2, 0) is 6.42 Å². The van der Waals surface area contributed by atoms with Crippen molar-refractivity contribution in [3.63, 3.8) is 0 Å². The van der Waals surface area contributed by atoms with Gasteiger partial charge in [-0.25, -0.2) is 0 Å². The molecule has 2 aromatic rings. The Balaban J connectivity index is 1.98. The smallest absolute Gasteiger partial charge is 0.121 e. The standard InChI is InChI=1S/C19H25NO2/c1-4-22-17-7-5-6-15(13-17)8-10-18(20)16-9-11-19(21-3)14(2)12-16/h5-7,9,11-13,18H,4,8,10,20H2,1-3H3. The van der Waals surface area contributed by atoms with Crippen molar-refractivity contribution in [3.8, 4) is 11.5 Å². The summed E-state index contributed by atoms with van der Waals surface area (Å²) < 4.78 is 10.8. The zero-order chi connectivity index (χ0) is 15.9. The fourth-order valence-corrected chi connectivity index (χ4v) is 2.58.